The lowest BCUT2D eigenvalue weighted by Crippen LogP contribution is -2.30. The van der Waals surface area contributed by atoms with Gasteiger partial charge in [0, 0.05) is 21.2 Å². The van der Waals surface area contributed by atoms with Crippen molar-refractivity contribution in [2.45, 2.75) is 20.3 Å². The van der Waals surface area contributed by atoms with Crippen molar-refractivity contribution in [2.75, 3.05) is 11.9 Å². The summed E-state index contributed by atoms with van der Waals surface area (Å²) in [5.74, 6) is 0.161. The topological polar surface area (TPSA) is 86.9 Å². The third-order valence-electron chi connectivity index (χ3n) is 1.64. The molecule has 6 heteroatoms. The molecule has 1 heterocycles. The molecule has 6 nitrogen and oxygen atoms in total. The van der Waals surface area contributed by atoms with Crippen LogP contribution in [0.2, 0.25) is 0 Å². The van der Waals surface area contributed by atoms with Crippen molar-refractivity contribution in [1.29, 1.82) is 0 Å². The first-order chi connectivity index (χ1) is 7.11. The number of nitrogens with zero attached hydrogens (tertiary/aromatic N) is 1. The highest BCUT2D eigenvalue weighted by molar-refractivity contribution is 5.87. The molecular formula is C9H18N4O2. The molecule has 0 atom stereocenters. The second-order valence-electron chi connectivity index (χ2n) is 3.12. The maximum Gasteiger partial charge on any atom is 0.321 e. The second kappa shape index (κ2) is 5.14. The first-order valence-electron chi connectivity index (χ1n) is 4.74. The van der Waals surface area contributed by atoms with Gasteiger partial charge in [-0.1, -0.05) is 6.92 Å². The van der Waals surface area contributed by atoms with Gasteiger partial charge in [0.05, 0.1) is 0 Å². The Morgan fingerprint density at radius 3 is 3.00 bits per heavy atom. The molecule has 0 aliphatic carbocycles. The lowest BCUT2D eigenvalue weighted by molar-refractivity contribution is 0.252. The number of amides is 2. The third kappa shape index (κ3) is 3.80. The van der Waals surface area contributed by atoms with Crippen LogP contribution in [0, 0.1) is 6.92 Å². The predicted molar refractivity (Wildman–Crippen MR) is 61.1 cm³/mol. The van der Waals surface area contributed by atoms with E-state index in [0.717, 1.165) is 6.42 Å². The van der Waals surface area contributed by atoms with Crippen LogP contribution in [0.4, 0.5) is 10.7 Å². The van der Waals surface area contributed by atoms with E-state index < -0.39 is 0 Å². The fourth-order valence-corrected chi connectivity index (χ4v) is 1.03. The molecule has 15 heavy (non-hydrogen) atoms. The monoisotopic (exact) mass is 214 g/mol. The lowest BCUT2D eigenvalue weighted by atomic mass is 10.4. The average Bonchev–Trinajstić information content (AvgIpc) is 2.13. The van der Waals surface area contributed by atoms with Crippen molar-refractivity contribution >= 4 is 12.0 Å². The van der Waals surface area contributed by atoms with Gasteiger partial charge in [0.1, 0.15) is 0 Å². The SMILES string of the molecule is CCCNC(=O)Nc1nc(C)cc(=O)[nH]1.[HH].[HH]. The minimum absolute atomic E-state index is 0. The molecule has 1 aromatic rings. The molecule has 1 rings (SSSR count). The van der Waals surface area contributed by atoms with Crippen molar-refractivity contribution in [2.24, 2.45) is 0 Å². The van der Waals surface area contributed by atoms with Crippen LogP contribution in [0.3, 0.4) is 0 Å². The molecule has 0 spiro atoms. The number of anilines is 1. The molecule has 0 bridgehead atoms. The van der Waals surface area contributed by atoms with Gasteiger partial charge in [-0.15, -0.1) is 0 Å². The first kappa shape index (κ1) is 11.2. The predicted octanol–water partition coefficient (Wildman–Crippen LogP) is 1.10. The molecule has 0 aliphatic heterocycles. The highest BCUT2D eigenvalue weighted by Crippen LogP contribution is 1.94. The van der Waals surface area contributed by atoms with Gasteiger partial charge in [0.15, 0.2) is 0 Å². The largest absolute Gasteiger partial charge is 0.338 e. The van der Waals surface area contributed by atoms with Gasteiger partial charge in [0.2, 0.25) is 5.95 Å². The molecule has 0 aromatic carbocycles. The van der Waals surface area contributed by atoms with E-state index in [1.54, 1.807) is 6.92 Å². The Morgan fingerprint density at radius 2 is 2.40 bits per heavy atom. The summed E-state index contributed by atoms with van der Waals surface area (Å²) in [4.78, 5) is 28.6. The van der Waals surface area contributed by atoms with Gasteiger partial charge >= 0.3 is 6.03 Å². The zero-order chi connectivity index (χ0) is 11.3. The van der Waals surface area contributed by atoms with Crippen LogP contribution < -0.4 is 16.2 Å². The molecule has 0 saturated heterocycles. The lowest BCUT2D eigenvalue weighted by Gasteiger charge is -2.05. The van der Waals surface area contributed by atoms with E-state index in [1.165, 1.54) is 6.07 Å². The molecule has 86 valence electrons. The minimum atomic E-state index is -0.370. The van der Waals surface area contributed by atoms with E-state index in [1.807, 2.05) is 6.92 Å². The van der Waals surface area contributed by atoms with Crippen molar-refractivity contribution in [3.05, 3.63) is 22.1 Å². The van der Waals surface area contributed by atoms with E-state index in [2.05, 4.69) is 20.6 Å². The zero-order valence-corrected chi connectivity index (χ0v) is 8.76. The Kier molecular flexibility index (Phi) is 3.84. The van der Waals surface area contributed by atoms with Gasteiger partial charge in [-0.3, -0.25) is 15.1 Å². The molecule has 0 saturated carbocycles. The van der Waals surface area contributed by atoms with E-state index in [4.69, 9.17) is 0 Å². The van der Waals surface area contributed by atoms with Crippen molar-refractivity contribution in [3.63, 3.8) is 0 Å². The fourth-order valence-electron chi connectivity index (χ4n) is 1.03. The molecule has 2 amide bonds. The summed E-state index contributed by atoms with van der Waals surface area (Å²) in [6, 6.07) is 0.986. The number of urea groups is 1. The molecule has 0 unspecified atom stereocenters. The minimum Gasteiger partial charge on any atom is -0.338 e. The number of carbonyl (C=O) groups is 1. The normalized spacial score (nSPS) is 9.73. The maximum absolute atomic E-state index is 11.2. The number of aryl methyl sites for hydroxylation is 1. The average molecular weight is 214 g/mol. The van der Waals surface area contributed by atoms with Gasteiger partial charge in [-0.05, 0) is 13.3 Å². The number of hydrogen-bond donors (Lipinski definition) is 3. The molecule has 3 N–H and O–H groups in total. The molecule has 0 aliphatic rings. The Bertz CT molecular complexity index is 408. The summed E-state index contributed by atoms with van der Waals surface area (Å²) in [6.07, 6.45) is 0.852. The van der Waals surface area contributed by atoms with Crippen LogP contribution in [-0.2, 0) is 0 Å². The second-order valence-corrected chi connectivity index (χ2v) is 3.12. The maximum atomic E-state index is 11.2. The number of rotatable bonds is 3. The van der Waals surface area contributed by atoms with E-state index in [-0.39, 0.29) is 20.4 Å². The Balaban J connectivity index is 0. The molecule has 1 aromatic heterocycles. The summed E-state index contributed by atoms with van der Waals surface area (Å²) in [5.41, 5.74) is 0.276. The van der Waals surface area contributed by atoms with E-state index in [0.29, 0.717) is 12.2 Å². The number of H-pyrrole nitrogens is 1. The summed E-state index contributed by atoms with van der Waals surface area (Å²) >= 11 is 0. The summed E-state index contributed by atoms with van der Waals surface area (Å²) in [6.45, 7) is 4.22. The van der Waals surface area contributed by atoms with Crippen LogP contribution in [-0.4, -0.2) is 22.5 Å². The van der Waals surface area contributed by atoms with E-state index in [9.17, 15) is 9.59 Å². The zero-order valence-electron chi connectivity index (χ0n) is 8.76. The highest BCUT2D eigenvalue weighted by atomic mass is 16.2. The number of carbonyl (C=O) groups excluding carboxylic acids is 1. The van der Waals surface area contributed by atoms with Crippen molar-refractivity contribution in [3.8, 4) is 0 Å². The first-order valence-corrected chi connectivity index (χ1v) is 4.74. The smallest absolute Gasteiger partial charge is 0.321 e. The van der Waals surface area contributed by atoms with Crippen LogP contribution in [0.15, 0.2) is 10.9 Å². The van der Waals surface area contributed by atoms with Gasteiger partial charge in [0.25, 0.3) is 5.56 Å². The van der Waals surface area contributed by atoms with Gasteiger partial charge in [-0.25, -0.2) is 9.78 Å². The summed E-state index contributed by atoms with van der Waals surface area (Å²) in [7, 11) is 0. The van der Waals surface area contributed by atoms with Crippen LogP contribution in [0.25, 0.3) is 0 Å². The van der Waals surface area contributed by atoms with Gasteiger partial charge < -0.3 is 5.32 Å². The van der Waals surface area contributed by atoms with Crippen molar-refractivity contribution in [1.82, 2.24) is 15.3 Å². The summed E-state index contributed by atoms with van der Waals surface area (Å²) in [5, 5.41) is 5.05. The third-order valence-corrected chi connectivity index (χ3v) is 1.64. The van der Waals surface area contributed by atoms with Crippen molar-refractivity contribution < 1.29 is 7.65 Å². The Hall–Kier alpha value is -1.85. The van der Waals surface area contributed by atoms with Crippen LogP contribution >= 0.6 is 0 Å². The number of nitrogens with one attached hydrogen (secondary N) is 3. The van der Waals surface area contributed by atoms with Crippen LogP contribution in [0.1, 0.15) is 21.9 Å². The molecule has 0 fully saturated rings. The van der Waals surface area contributed by atoms with Crippen LogP contribution in [0.5, 0.6) is 0 Å². The number of aromatic nitrogens is 2. The standard InChI is InChI=1S/C9H14N4O2.2H2/c1-3-4-10-9(15)13-8-11-6(2)5-7(14)12-8;;/h5H,3-4H2,1-2H3,(H3,10,11,12,13,14,15);2*1H. The van der Waals surface area contributed by atoms with E-state index >= 15 is 0 Å². The van der Waals surface area contributed by atoms with Gasteiger partial charge in [-0.2, -0.15) is 0 Å². The molecular weight excluding hydrogens is 196 g/mol. The molecule has 0 radical (unpaired) electrons. The Labute approximate surface area is 90.1 Å². The summed E-state index contributed by atoms with van der Waals surface area (Å²) < 4.78 is 0. The number of aromatic amines is 1. The highest BCUT2D eigenvalue weighted by Gasteiger charge is 2.02. The number of hydrogen-bond acceptors (Lipinski definition) is 3. The fraction of sp³-hybridized carbons (Fsp3) is 0.444. The Morgan fingerprint density at radius 1 is 1.67 bits per heavy atom. The quantitative estimate of drug-likeness (QED) is 0.704.